The molecule has 1 aliphatic rings. The maximum Gasteiger partial charge on any atom is 0.249 e. The molecule has 2 aromatic carbocycles. The fourth-order valence-electron chi connectivity index (χ4n) is 4.39. The van der Waals surface area contributed by atoms with Crippen LogP contribution in [0.5, 0.6) is 11.5 Å². The van der Waals surface area contributed by atoms with Crippen LogP contribution < -0.4 is 19.7 Å². The minimum Gasteiger partial charge on any atom is -0.486 e. The smallest absolute Gasteiger partial charge is 0.249 e. The Hall–Kier alpha value is -4.47. The maximum atomic E-state index is 14.1. The van der Waals surface area contributed by atoms with Crippen LogP contribution in [0.3, 0.4) is 0 Å². The van der Waals surface area contributed by atoms with E-state index in [9.17, 15) is 9.59 Å². The predicted molar refractivity (Wildman–Crippen MR) is 142 cm³/mol. The summed E-state index contributed by atoms with van der Waals surface area (Å²) in [5.74, 6) is 0.885. The number of para-hydroxylation sites is 1. The number of carbonyl (C=O) groups is 2. The quantitative estimate of drug-likeness (QED) is 0.364. The summed E-state index contributed by atoms with van der Waals surface area (Å²) in [5, 5.41) is 11.4. The zero-order chi connectivity index (χ0) is 26.5. The van der Waals surface area contributed by atoms with Crippen LogP contribution >= 0.6 is 0 Å². The SMILES string of the molecule is CC(C)CCNC(=O)[C@@H](c1cccnc1)N(C(=O)Cn1nnc2ccccc21)c1ccc2c(c1)OCCO2. The monoisotopic (exact) mass is 514 g/mol. The number of fused-ring (bicyclic) bond motifs is 2. The van der Waals surface area contributed by atoms with Crippen molar-refractivity contribution in [2.24, 2.45) is 5.92 Å². The Morgan fingerprint density at radius 1 is 1.05 bits per heavy atom. The van der Waals surface area contributed by atoms with E-state index >= 15 is 0 Å². The van der Waals surface area contributed by atoms with Crippen LogP contribution in [0.15, 0.2) is 67.0 Å². The normalized spacial score (nSPS) is 13.3. The molecule has 10 heteroatoms. The Labute approximate surface area is 220 Å². The fraction of sp³-hybridized carbons (Fsp3) is 0.321. The molecule has 2 aromatic heterocycles. The van der Waals surface area contributed by atoms with Crippen LogP contribution in [0.2, 0.25) is 0 Å². The van der Waals surface area contributed by atoms with Crippen LogP contribution in [0, 0.1) is 5.92 Å². The molecule has 0 fully saturated rings. The molecule has 0 unspecified atom stereocenters. The molecule has 0 aliphatic carbocycles. The first-order valence-electron chi connectivity index (χ1n) is 12.7. The lowest BCUT2D eigenvalue weighted by molar-refractivity contribution is -0.127. The number of anilines is 1. The standard InChI is InChI=1S/C28H30N6O4/c1-19(2)11-13-30-28(36)27(20-6-5-12-29-17-20)34(21-9-10-24-25(16-21)38-15-14-37-24)26(35)18-33-23-8-4-3-7-22(23)31-32-33/h3-10,12,16-17,19,27H,11,13-15,18H2,1-2H3,(H,30,36)/t27-/m1/s1. The second-order valence-corrected chi connectivity index (χ2v) is 9.49. The number of amides is 2. The number of ether oxygens (including phenoxy) is 2. The molecule has 10 nitrogen and oxygen atoms in total. The lowest BCUT2D eigenvalue weighted by Gasteiger charge is -2.32. The number of nitrogens with zero attached hydrogens (tertiary/aromatic N) is 5. The van der Waals surface area contributed by atoms with E-state index < -0.39 is 6.04 Å². The van der Waals surface area contributed by atoms with Crippen molar-refractivity contribution in [3.63, 3.8) is 0 Å². The molecule has 0 saturated carbocycles. The molecule has 5 rings (SSSR count). The van der Waals surface area contributed by atoms with E-state index in [1.807, 2.05) is 24.3 Å². The summed E-state index contributed by atoms with van der Waals surface area (Å²) in [6.07, 6.45) is 4.05. The largest absolute Gasteiger partial charge is 0.486 e. The maximum absolute atomic E-state index is 14.1. The van der Waals surface area contributed by atoms with E-state index in [-0.39, 0.29) is 18.4 Å². The summed E-state index contributed by atoms with van der Waals surface area (Å²) >= 11 is 0. The van der Waals surface area contributed by atoms with Gasteiger partial charge in [0.1, 0.15) is 31.3 Å². The van der Waals surface area contributed by atoms with E-state index in [2.05, 4.69) is 34.5 Å². The summed E-state index contributed by atoms with van der Waals surface area (Å²) < 4.78 is 13.0. The van der Waals surface area contributed by atoms with Gasteiger partial charge in [-0.25, -0.2) is 4.68 Å². The average molecular weight is 515 g/mol. The third kappa shape index (κ3) is 5.44. The molecule has 0 bridgehead atoms. The van der Waals surface area contributed by atoms with Crippen molar-refractivity contribution < 1.29 is 19.1 Å². The third-order valence-corrected chi connectivity index (χ3v) is 6.31. The van der Waals surface area contributed by atoms with Crippen molar-refractivity contribution in [2.75, 3.05) is 24.7 Å². The summed E-state index contributed by atoms with van der Waals surface area (Å²) in [4.78, 5) is 33.5. The highest BCUT2D eigenvalue weighted by molar-refractivity contribution is 6.01. The summed E-state index contributed by atoms with van der Waals surface area (Å²) in [7, 11) is 0. The van der Waals surface area contributed by atoms with Crippen LogP contribution in [0.25, 0.3) is 11.0 Å². The highest BCUT2D eigenvalue weighted by atomic mass is 16.6. The van der Waals surface area contributed by atoms with E-state index in [1.54, 1.807) is 47.4 Å². The van der Waals surface area contributed by atoms with Gasteiger partial charge in [-0.1, -0.05) is 37.3 Å². The van der Waals surface area contributed by atoms with Crippen molar-refractivity contribution >= 4 is 28.5 Å². The number of nitrogens with one attached hydrogen (secondary N) is 1. The molecule has 2 amide bonds. The molecule has 0 saturated heterocycles. The Balaban J connectivity index is 1.56. The van der Waals surface area contributed by atoms with E-state index in [4.69, 9.17) is 9.47 Å². The fourth-order valence-corrected chi connectivity index (χ4v) is 4.39. The zero-order valence-electron chi connectivity index (χ0n) is 21.4. The molecular formula is C28H30N6O4. The van der Waals surface area contributed by atoms with Gasteiger partial charge in [-0.15, -0.1) is 5.10 Å². The molecule has 4 aromatic rings. The molecular weight excluding hydrogens is 484 g/mol. The van der Waals surface area contributed by atoms with Crippen molar-refractivity contribution in [2.45, 2.75) is 32.9 Å². The summed E-state index contributed by atoms with van der Waals surface area (Å²) in [6, 6.07) is 15.2. The number of hydrogen-bond donors (Lipinski definition) is 1. The minimum atomic E-state index is -0.972. The molecule has 0 radical (unpaired) electrons. The van der Waals surface area contributed by atoms with Gasteiger partial charge < -0.3 is 14.8 Å². The third-order valence-electron chi connectivity index (χ3n) is 6.31. The number of carbonyl (C=O) groups excluding carboxylic acids is 2. The van der Waals surface area contributed by atoms with Gasteiger partial charge in [-0.2, -0.15) is 0 Å². The number of pyridine rings is 1. The summed E-state index contributed by atoms with van der Waals surface area (Å²) in [6.45, 7) is 5.41. The first-order valence-corrected chi connectivity index (χ1v) is 12.7. The topological polar surface area (TPSA) is 111 Å². The van der Waals surface area contributed by atoms with Gasteiger partial charge in [0.2, 0.25) is 11.8 Å². The average Bonchev–Trinajstić information content (AvgIpc) is 3.34. The second-order valence-electron chi connectivity index (χ2n) is 9.49. The number of rotatable bonds is 9. The molecule has 1 atom stereocenters. The van der Waals surface area contributed by atoms with Gasteiger partial charge in [0.05, 0.1) is 5.52 Å². The summed E-state index contributed by atoms with van der Waals surface area (Å²) in [5.41, 5.74) is 2.49. The van der Waals surface area contributed by atoms with E-state index in [1.165, 1.54) is 4.90 Å². The minimum absolute atomic E-state index is 0.120. The molecule has 1 aliphatic heterocycles. The van der Waals surface area contributed by atoms with Gasteiger partial charge in [-0.05, 0) is 42.7 Å². The molecule has 196 valence electrons. The van der Waals surface area contributed by atoms with Crippen LogP contribution in [0.4, 0.5) is 5.69 Å². The second kappa shape index (κ2) is 11.3. The predicted octanol–water partition coefficient (Wildman–Crippen LogP) is 3.53. The number of benzene rings is 2. The van der Waals surface area contributed by atoms with E-state index in [0.717, 1.165) is 11.9 Å². The molecule has 3 heterocycles. The van der Waals surface area contributed by atoms with Gasteiger partial charge in [0, 0.05) is 36.3 Å². The molecule has 1 N–H and O–H groups in total. The Bertz CT molecular complexity index is 1420. The van der Waals surface area contributed by atoms with Crippen molar-refractivity contribution in [1.82, 2.24) is 25.3 Å². The first kappa shape index (κ1) is 25.2. The van der Waals surface area contributed by atoms with Crippen molar-refractivity contribution in [3.8, 4) is 11.5 Å². The lowest BCUT2D eigenvalue weighted by atomic mass is 10.0. The van der Waals surface area contributed by atoms with Crippen LogP contribution in [-0.4, -0.2) is 51.6 Å². The van der Waals surface area contributed by atoms with Crippen molar-refractivity contribution in [1.29, 1.82) is 0 Å². The highest BCUT2D eigenvalue weighted by Gasteiger charge is 2.34. The number of aromatic nitrogens is 4. The zero-order valence-corrected chi connectivity index (χ0v) is 21.4. The van der Waals surface area contributed by atoms with Gasteiger partial charge in [0.25, 0.3) is 0 Å². The van der Waals surface area contributed by atoms with Gasteiger partial charge in [-0.3, -0.25) is 19.5 Å². The van der Waals surface area contributed by atoms with Crippen LogP contribution in [0.1, 0.15) is 31.9 Å². The lowest BCUT2D eigenvalue weighted by Crippen LogP contribution is -2.45. The van der Waals surface area contributed by atoms with Crippen LogP contribution in [-0.2, 0) is 16.1 Å². The van der Waals surface area contributed by atoms with Crippen molar-refractivity contribution in [3.05, 3.63) is 72.6 Å². The first-order chi connectivity index (χ1) is 18.5. The van der Waals surface area contributed by atoms with E-state index in [0.29, 0.717) is 53.9 Å². The van der Waals surface area contributed by atoms with Gasteiger partial charge in [0.15, 0.2) is 11.5 Å². The van der Waals surface area contributed by atoms with Gasteiger partial charge >= 0.3 is 0 Å². The Kier molecular flexibility index (Phi) is 7.48. The molecule has 38 heavy (non-hydrogen) atoms. The highest BCUT2D eigenvalue weighted by Crippen LogP contribution is 2.37. The Morgan fingerprint density at radius 3 is 2.66 bits per heavy atom. The number of hydrogen-bond acceptors (Lipinski definition) is 7. The molecule has 0 spiro atoms. The Morgan fingerprint density at radius 2 is 1.87 bits per heavy atom.